The molecule has 0 atom stereocenters. The van der Waals surface area contributed by atoms with Gasteiger partial charge in [0.1, 0.15) is 6.61 Å². The Morgan fingerprint density at radius 3 is 2.88 bits per heavy atom. The zero-order chi connectivity index (χ0) is 17.1. The van der Waals surface area contributed by atoms with E-state index < -0.39 is 0 Å². The van der Waals surface area contributed by atoms with E-state index in [1.807, 2.05) is 26.4 Å². The van der Waals surface area contributed by atoms with Crippen LogP contribution < -0.4 is 10.2 Å². The number of amides is 2. The quantitative estimate of drug-likeness (QED) is 0.603. The number of hydrogen-bond acceptors (Lipinski definition) is 5. The first-order valence-corrected chi connectivity index (χ1v) is 7.84. The molecule has 1 aliphatic heterocycles. The summed E-state index contributed by atoms with van der Waals surface area (Å²) in [7, 11) is 3.99. The number of rotatable bonds is 7. The molecule has 1 aromatic heterocycles. The molecule has 7 heteroatoms. The van der Waals surface area contributed by atoms with E-state index >= 15 is 0 Å². The smallest absolute Gasteiger partial charge is 0.259 e. The summed E-state index contributed by atoms with van der Waals surface area (Å²) in [6.07, 6.45) is 5.02. The Morgan fingerprint density at radius 2 is 2.08 bits per heavy atom. The predicted molar refractivity (Wildman–Crippen MR) is 87.6 cm³/mol. The number of nitrogens with one attached hydrogen (secondary N) is 1. The third-order valence-corrected chi connectivity index (χ3v) is 3.78. The van der Waals surface area contributed by atoms with Crippen LogP contribution in [0.3, 0.4) is 0 Å². The van der Waals surface area contributed by atoms with E-state index in [0.29, 0.717) is 24.2 Å². The molecule has 0 aliphatic carbocycles. The lowest BCUT2D eigenvalue weighted by Crippen LogP contribution is -2.20. The number of imide groups is 1. The molecule has 1 N–H and O–H groups in total. The minimum absolute atomic E-state index is 0.313. The topological polar surface area (TPSA) is 76.5 Å². The molecule has 7 nitrogen and oxygen atoms in total. The summed E-state index contributed by atoms with van der Waals surface area (Å²) < 4.78 is 0. The van der Waals surface area contributed by atoms with E-state index in [9.17, 15) is 9.59 Å². The number of fused-ring (bicyclic) bond motifs is 1. The summed E-state index contributed by atoms with van der Waals surface area (Å²) in [5, 5.41) is 6.48. The second-order valence-corrected chi connectivity index (χ2v) is 6.05. The first-order valence-electron chi connectivity index (χ1n) is 7.84. The molecule has 2 heterocycles. The van der Waals surface area contributed by atoms with Gasteiger partial charge < -0.3 is 9.74 Å². The molecule has 1 aromatic carbocycles. The minimum atomic E-state index is -0.321. The first kappa shape index (κ1) is 16.2. The molecule has 24 heavy (non-hydrogen) atoms. The molecule has 0 saturated carbocycles. The third-order valence-electron chi connectivity index (χ3n) is 3.78. The largest absolute Gasteiger partial charge is 0.397 e. The first-order chi connectivity index (χ1) is 11.5. The van der Waals surface area contributed by atoms with Gasteiger partial charge in [-0.2, -0.15) is 0 Å². The van der Waals surface area contributed by atoms with E-state index in [1.165, 1.54) is 4.85 Å². The SMILES string of the molecule is CN(C)Cc1cnn(OCCCc2cccc3c2C(=O)NC3=O)c1. The fourth-order valence-corrected chi connectivity index (χ4v) is 2.78. The van der Waals surface area contributed by atoms with Crippen molar-refractivity contribution in [2.24, 2.45) is 0 Å². The Kier molecular flexibility index (Phi) is 4.61. The Bertz CT molecular complexity index is 767. The van der Waals surface area contributed by atoms with Crippen molar-refractivity contribution in [3.8, 4) is 0 Å². The lowest BCUT2D eigenvalue weighted by Gasteiger charge is -2.08. The number of carbonyl (C=O) groups excluding carboxylic acids is 2. The van der Waals surface area contributed by atoms with Gasteiger partial charge in [-0.25, -0.2) is 0 Å². The van der Waals surface area contributed by atoms with Crippen LogP contribution in [0, 0.1) is 0 Å². The monoisotopic (exact) mass is 328 g/mol. The average molecular weight is 328 g/mol. The van der Waals surface area contributed by atoms with Crippen LogP contribution in [0.1, 0.15) is 38.3 Å². The molecule has 2 amide bonds. The standard InChI is InChI=1S/C17H20N4O3/c1-20(2)10-12-9-18-21(11-12)24-8-4-6-13-5-3-7-14-15(13)17(23)19-16(14)22/h3,5,7,9,11H,4,6,8,10H2,1-2H3,(H,19,22,23). The van der Waals surface area contributed by atoms with Crippen molar-refractivity contribution in [2.45, 2.75) is 19.4 Å². The number of aromatic nitrogens is 2. The normalized spacial score (nSPS) is 13.3. The number of benzene rings is 1. The maximum Gasteiger partial charge on any atom is 0.259 e. The lowest BCUT2D eigenvalue weighted by atomic mass is 9.99. The van der Waals surface area contributed by atoms with Crippen LogP contribution in [0.15, 0.2) is 30.6 Å². The molecule has 1 aliphatic rings. The molecule has 3 rings (SSSR count). The maximum atomic E-state index is 11.9. The number of aryl methyl sites for hydroxylation is 1. The third kappa shape index (κ3) is 3.46. The van der Waals surface area contributed by atoms with Gasteiger partial charge in [0.25, 0.3) is 11.8 Å². The highest BCUT2D eigenvalue weighted by Crippen LogP contribution is 2.21. The fourth-order valence-electron chi connectivity index (χ4n) is 2.78. The summed E-state index contributed by atoms with van der Waals surface area (Å²) in [5.74, 6) is -0.634. The van der Waals surface area contributed by atoms with Crippen LogP contribution >= 0.6 is 0 Å². The van der Waals surface area contributed by atoms with Crippen LogP contribution in [0.2, 0.25) is 0 Å². The van der Waals surface area contributed by atoms with Crippen molar-refractivity contribution in [1.29, 1.82) is 0 Å². The Balaban J connectivity index is 1.54. The van der Waals surface area contributed by atoms with Gasteiger partial charge in [0.05, 0.1) is 23.5 Å². The van der Waals surface area contributed by atoms with Crippen molar-refractivity contribution < 1.29 is 14.4 Å². The zero-order valence-corrected chi connectivity index (χ0v) is 13.8. The van der Waals surface area contributed by atoms with E-state index in [-0.39, 0.29) is 11.8 Å². The van der Waals surface area contributed by atoms with E-state index in [4.69, 9.17) is 4.84 Å². The van der Waals surface area contributed by atoms with Crippen LogP contribution in [-0.4, -0.2) is 47.4 Å². The van der Waals surface area contributed by atoms with Gasteiger partial charge in [-0.15, -0.1) is 9.94 Å². The van der Waals surface area contributed by atoms with Crippen LogP contribution in [-0.2, 0) is 13.0 Å². The molecule has 0 fully saturated rings. The van der Waals surface area contributed by atoms with Crippen LogP contribution in [0.25, 0.3) is 0 Å². The van der Waals surface area contributed by atoms with E-state index in [1.54, 1.807) is 18.3 Å². The predicted octanol–water partition coefficient (Wildman–Crippen LogP) is 0.890. The number of nitrogens with zero attached hydrogens (tertiary/aromatic N) is 3. The van der Waals surface area contributed by atoms with Crippen molar-refractivity contribution >= 4 is 11.8 Å². The average Bonchev–Trinajstić information content (AvgIpc) is 3.08. The molecule has 0 radical (unpaired) electrons. The fraction of sp³-hybridized carbons (Fsp3) is 0.353. The van der Waals surface area contributed by atoms with Gasteiger partial charge in [-0.1, -0.05) is 12.1 Å². The summed E-state index contributed by atoms with van der Waals surface area (Å²) in [5.41, 5.74) is 2.90. The Labute approximate surface area is 140 Å². The lowest BCUT2D eigenvalue weighted by molar-refractivity contribution is 0.0803. The summed E-state index contributed by atoms with van der Waals surface area (Å²) in [6.45, 7) is 1.28. The highest BCUT2D eigenvalue weighted by atomic mass is 16.7. The van der Waals surface area contributed by atoms with Gasteiger partial charge >= 0.3 is 0 Å². The molecular weight excluding hydrogens is 308 g/mol. The van der Waals surface area contributed by atoms with Crippen LogP contribution in [0.5, 0.6) is 0 Å². The molecule has 0 unspecified atom stereocenters. The van der Waals surface area contributed by atoms with Gasteiger partial charge in [-0.3, -0.25) is 14.9 Å². The van der Waals surface area contributed by atoms with Crippen LogP contribution in [0.4, 0.5) is 0 Å². The van der Waals surface area contributed by atoms with Crippen molar-refractivity contribution in [3.63, 3.8) is 0 Å². The highest BCUT2D eigenvalue weighted by molar-refractivity contribution is 6.22. The van der Waals surface area contributed by atoms with Gasteiger partial charge in [0.2, 0.25) is 0 Å². The van der Waals surface area contributed by atoms with Gasteiger partial charge in [0.15, 0.2) is 0 Å². The second kappa shape index (κ2) is 6.84. The molecular formula is C17H20N4O3. The van der Waals surface area contributed by atoms with Gasteiger partial charge in [0, 0.05) is 12.1 Å². The van der Waals surface area contributed by atoms with Crippen molar-refractivity contribution in [2.75, 3.05) is 20.7 Å². The number of hydrogen-bond donors (Lipinski definition) is 1. The van der Waals surface area contributed by atoms with Gasteiger partial charge in [-0.05, 0) is 38.6 Å². The Morgan fingerprint density at radius 1 is 1.25 bits per heavy atom. The number of carbonyl (C=O) groups is 2. The Hall–Kier alpha value is -2.67. The molecule has 0 bridgehead atoms. The summed E-state index contributed by atoms with van der Waals surface area (Å²) >= 11 is 0. The van der Waals surface area contributed by atoms with Crippen molar-refractivity contribution in [3.05, 3.63) is 52.8 Å². The molecule has 2 aromatic rings. The van der Waals surface area contributed by atoms with E-state index in [2.05, 4.69) is 15.3 Å². The molecule has 0 spiro atoms. The van der Waals surface area contributed by atoms with Crippen molar-refractivity contribution in [1.82, 2.24) is 20.2 Å². The zero-order valence-electron chi connectivity index (χ0n) is 13.8. The minimum Gasteiger partial charge on any atom is -0.397 e. The molecule has 0 saturated heterocycles. The highest BCUT2D eigenvalue weighted by Gasteiger charge is 2.28. The second-order valence-electron chi connectivity index (χ2n) is 6.05. The van der Waals surface area contributed by atoms with E-state index in [0.717, 1.165) is 24.1 Å². The maximum absolute atomic E-state index is 11.9. The molecule has 126 valence electrons. The summed E-state index contributed by atoms with van der Waals surface area (Å²) in [6, 6.07) is 5.35. The summed E-state index contributed by atoms with van der Waals surface area (Å²) in [4.78, 5) is 32.6.